The molecule has 1 aromatic carbocycles. The Labute approximate surface area is 137 Å². The number of hydrogen-bond donors (Lipinski definition) is 0. The Bertz CT molecular complexity index is 1020. The van der Waals surface area contributed by atoms with E-state index >= 15 is 0 Å². The van der Waals surface area contributed by atoms with Gasteiger partial charge in [-0.3, -0.25) is 0 Å². The third-order valence-corrected chi connectivity index (χ3v) is 4.49. The van der Waals surface area contributed by atoms with E-state index in [2.05, 4.69) is 27.3 Å². The van der Waals surface area contributed by atoms with Crippen LogP contribution in [0.2, 0.25) is 0 Å². The van der Waals surface area contributed by atoms with Gasteiger partial charge in [0, 0.05) is 17.7 Å². The van der Waals surface area contributed by atoms with E-state index in [1.54, 1.807) is 6.20 Å². The first-order valence-corrected chi connectivity index (χ1v) is 7.94. The average molecular weight is 318 g/mol. The van der Waals surface area contributed by atoms with E-state index in [1.165, 1.54) is 0 Å². The second kappa shape index (κ2) is 4.99. The maximum Gasteiger partial charge on any atom is 0.258 e. The average Bonchev–Trinajstić information content (AvgIpc) is 3.05. The summed E-state index contributed by atoms with van der Waals surface area (Å²) in [4.78, 5) is 4.33. The van der Waals surface area contributed by atoms with E-state index in [4.69, 9.17) is 8.94 Å². The molecular weight excluding hydrogens is 304 g/mol. The molecule has 118 valence electrons. The second-order valence-corrected chi connectivity index (χ2v) is 6.24. The first-order chi connectivity index (χ1) is 11.8. The number of aromatic nitrogens is 4. The normalized spacial score (nSPS) is 19.7. The lowest BCUT2D eigenvalue weighted by Gasteiger charge is -1.97. The Morgan fingerprint density at radius 3 is 2.71 bits per heavy atom. The third kappa shape index (κ3) is 2.11. The molecule has 6 heteroatoms. The van der Waals surface area contributed by atoms with Crippen LogP contribution in [-0.4, -0.2) is 20.3 Å². The number of pyridine rings is 1. The monoisotopic (exact) mass is 318 g/mol. The summed E-state index contributed by atoms with van der Waals surface area (Å²) < 4.78 is 11.2. The van der Waals surface area contributed by atoms with Gasteiger partial charge in [0.25, 0.3) is 5.71 Å². The van der Waals surface area contributed by atoms with Crippen LogP contribution in [0.5, 0.6) is 0 Å². The molecule has 0 unspecified atom stereocenters. The van der Waals surface area contributed by atoms with Crippen molar-refractivity contribution in [3.63, 3.8) is 0 Å². The minimum absolute atomic E-state index is 0.401. The second-order valence-electron chi connectivity index (χ2n) is 6.24. The zero-order valence-electron chi connectivity index (χ0n) is 13.0. The van der Waals surface area contributed by atoms with Crippen molar-refractivity contribution in [1.29, 1.82) is 0 Å². The highest BCUT2D eigenvalue weighted by Gasteiger charge is 2.38. The van der Waals surface area contributed by atoms with Crippen LogP contribution in [-0.2, 0) is 0 Å². The maximum absolute atomic E-state index is 5.82. The minimum Gasteiger partial charge on any atom is -0.420 e. The van der Waals surface area contributed by atoms with Crippen molar-refractivity contribution in [2.24, 2.45) is 5.92 Å². The molecule has 6 nitrogen and oxygen atoms in total. The molecule has 0 spiro atoms. The van der Waals surface area contributed by atoms with E-state index in [0.29, 0.717) is 29.3 Å². The smallest absolute Gasteiger partial charge is 0.258 e. The van der Waals surface area contributed by atoms with E-state index in [1.807, 2.05) is 36.4 Å². The lowest BCUT2D eigenvalue weighted by atomic mass is 10.1. The van der Waals surface area contributed by atoms with Gasteiger partial charge in [-0.1, -0.05) is 42.4 Å². The molecule has 5 rings (SSSR count). The van der Waals surface area contributed by atoms with Crippen LogP contribution in [0.15, 0.2) is 51.5 Å². The Morgan fingerprint density at radius 2 is 1.92 bits per heavy atom. The zero-order chi connectivity index (χ0) is 16.1. The Balaban J connectivity index is 1.59. The molecule has 1 saturated carbocycles. The van der Waals surface area contributed by atoms with Gasteiger partial charge in [-0.2, -0.15) is 0 Å². The van der Waals surface area contributed by atoms with Crippen molar-refractivity contribution in [2.45, 2.75) is 19.3 Å². The standard InChI is InChI=1S/C18H14N4O2/c1-10-7-13(10)18-21-20-16(23-18)12-8-14-15(11-5-3-2-4-6-11)22-24-17(14)19-9-12/h2-6,8-10,13H,7H2,1H3/t10-,13+/m1/s1. The van der Waals surface area contributed by atoms with E-state index in [-0.39, 0.29) is 0 Å². The van der Waals surface area contributed by atoms with Crippen LogP contribution in [0.25, 0.3) is 33.8 Å². The number of hydrogen-bond acceptors (Lipinski definition) is 6. The molecule has 0 aliphatic heterocycles. The summed E-state index contributed by atoms with van der Waals surface area (Å²) in [7, 11) is 0. The summed E-state index contributed by atoms with van der Waals surface area (Å²) in [6, 6.07) is 11.8. The van der Waals surface area contributed by atoms with Gasteiger partial charge in [-0.25, -0.2) is 4.98 Å². The summed E-state index contributed by atoms with van der Waals surface area (Å²) in [5, 5.41) is 13.3. The molecule has 0 radical (unpaired) electrons. The number of rotatable bonds is 3. The van der Waals surface area contributed by atoms with Crippen LogP contribution in [0.3, 0.4) is 0 Å². The molecule has 2 atom stereocenters. The van der Waals surface area contributed by atoms with Crippen molar-refractivity contribution < 1.29 is 8.94 Å². The molecule has 24 heavy (non-hydrogen) atoms. The largest absolute Gasteiger partial charge is 0.420 e. The van der Waals surface area contributed by atoms with Crippen molar-refractivity contribution in [3.8, 4) is 22.7 Å². The maximum atomic E-state index is 5.82. The van der Waals surface area contributed by atoms with Crippen LogP contribution >= 0.6 is 0 Å². The molecule has 0 bridgehead atoms. The molecule has 0 amide bonds. The highest BCUT2D eigenvalue weighted by Crippen LogP contribution is 2.46. The fourth-order valence-corrected chi connectivity index (χ4v) is 2.92. The van der Waals surface area contributed by atoms with Crippen LogP contribution < -0.4 is 0 Å². The van der Waals surface area contributed by atoms with E-state index in [9.17, 15) is 0 Å². The van der Waals surface area contributed by atoms with Crippen molar-refractivity contribution in [2.75, 3.05) is 0 Å². The molecule has 4 aromatic rings. The molecular formula is C18H14N4O2. The Kier molecular flexibility index (Phi) is 2.79. The number of fused-ring (bicyclic) bond motifs is 1. The molecule has 1 aliphatic carbocycles. The first kappa shape index (κ1) is 13.4. The predicted octanol–water partition coefficient (Wildman–Crippen LogP) is 4.06. The minimum atomic E-state index is 0.401. The first-order valence-electron chi connectivity index (χ1n) is 7.94. The van der Waals surface area contributed by atoms with Gasteiger partial charge in [0.05, 0.1) is 10.9 Å². The number of nitrogens with zero attached hydrogens (tertiary/aromatic N) is 4. The van der Waals surface area contributed by atoms with Gasteiger partial charge >= 0.3 is 0 Å². The highest BCUT2D eigenvalue weighted by atomic mass is 16.5. The lowest BCUT2D eigenvalue weighted by molar-refractivity contribution is 0.451. The molecule has 3 heterocycles. The summed E-state index contributed by atoms with van der Waals surface area (Å²) in [5.41, 5.74) is 3.01. The van der Waals surface area contributed by atoms with E-state index < -0.39 is 0 Å². The summed E-state index contributed by atoms with van der Waals surface area (Å²) >= 11 is 0. The van der Waals surface area contributed by atoms with Gasteiger partial charge in [0.1, 0.15) is 5.69 Å². The lowest BCUT2D eigenvalue weighted by Crippen LogP contribution is -1.82. The van der Waals surface area contributed by atoms with Crippen LogP contribution in [0.1, 0.15) is 25.2 Å². The SMILES string of the molecule is C[C@@H]1C[C@@H]1c1nnc(-c2cnc3onc(-c4ccccc4)c3c2)o1. The van der Waals surface area contributed by atoms with Crippen LogP contribution in [0.4, 0.5) is 0 Å². The van der Waals surface area contributed by atoms with Crippen molar-refractivity contribution >= 4 is 11.1 Å². The van der Waals surface area contributed by atoms with Gasteiger partial charge in [0.15, 0.2) is 0 Å². The zero-order valence-corrected chi connectivity index (χ0v) is 13.0. The topological polar surface area (TPSA) is 77.8 Å². The van der Waals surface area contributed by atoms with Crippen LogP contribution in [0, 0.1) is 5.92 Å². The molecule has 0 saturated heterocycles. The van der Waals surface area contributed by atoms with Gasteiger partial charge < -0.3 is 8.94 Å². The molecule has 0 N–H and O–H groups in total. The van der Waals surface area contributed by atoms with Gasteiger partial charge in [0.2, 0.25) is 11.8 Å². The molecule has 3 aromatic heterocycles. The Morgan fingerprint density at radius 1 is 1.08 bits per heavy atom. The van der Waals surface area contributed by atoms with Crippen molar-refractivity contribution in [3.05, 3.63) is 48.5 Å². The van der Waals surface area contributed by atoms with Gasteiger partial charge in [-0.05, 0) is 18.4 Å². The molecule has 1 aliphatic rings. The number of benzene rings is 1. The fraction of sp³-hybridized carbons (Fsp3) is 0.222. The Hall–Kier alpha value is -3.02. The van der Waals surface area contributed by atoms with E-state index in [0.717, 1.165) is 28.6 Å². The van der Waals surface area contributed by atoms with Crippen molar-refractivity contribution in [1.82, 2.24) is 20.3 Å². The quantitative estimate of drug-likeness (QED) is 0.567. The summed E-state index contributed by atoms with van der Waals surface area (Å²) in [5.74, 6) is 2.23. The molecule has 1 fully saturated rings. The summed E-state index contributed by atoms with van der Waals surface area (Å²) in [6.07, 6.45) is 2.79. The fourth-order valence-electron chi connectivity index (χ4n) is 2.92. The summed E-state index contributed by atoms with van der Waals surface area (Å²) in [6.45, 7) is 2.19. The van der Waals surface area contributed by atoms with Gasteiger partial charge in [-0.15, -0.1) is 10.2 Å². The highest BCUT2D eigenvalue weighted by molar-refractivity contribution is 5.91. The third-order valence-electron chi connectivity index (χ3n) is 4.49. The predicted molar refractivity (Wildman–Crippen MR) is 87.1 cm³/mol.